The van der Waals surface area contributed by atoms with E-state index in [2.05, 4.69) is 29.9 Å². The first-order chi connectivity index (χ1) is 7.90. The molecule has 0 aliphatic rings. The van der Waals surface area contributed by atoms with Gasteiger partial charge in [-0.2, -0.15) is 5.10 Å². The van der Waals surface area contributed by atoms with Crippen LogP contribution in [0.15, 0.2) is 6.07 Å². The predicted molar refractivity (Wildman–Crippen MR) is 70.0 cm³/mol. The van der Waals surface area contributed by atoms with Crippen LogP contribution in [0.5, 0.6) is 0 Å². The quantitative estimate of drug-likeness (QED) is 0.578. The zero-order valence-corrected chi connectivity index (χ0v) is 11.2. The molecule has 0 amide bonds. The van der Waals surface area contributed by atoms with Crippen LogP contribution in [0.4, 0.5) is 0 Å². The van der Waals surface area contributed by atoms with Gasteiger partial charge in [0.05, 0.1) is 17.2 Å². The van der Waals surface area contributed by atoms with Crippen LogP contribution in [0, 0.1) is 12.3 Å². The molecule has 1 rings (SSSR count). The molecule has 1 aromatic rings. The van der Waals surface area contributed by atoms with Crippen molar-refractivity contribution in [3.05, 3.63) is 17.5 Å². The van der Waals surface area contributed by atoms with E-state index in [0.29, 0.717) is 12.5 Å². The third-order valence-corrected chi connectivity index (χ3v) is 2.86. The Labute approximate surface area is 103 Å². The highest BCUT2D eigenvalue weighted by Crippen LogP contribution is 2.09. The van der Waals surface area contributed by atoms with Crippen LogP contribution in [0.3, 0.4) is 0 Å². The third-order valence-electron chi connectivity index (χ3n) is 2.86. The Kier molecular flexibility index (Phi) is 4.69. The lowest BCUT2D eigenvalue weighted by atomic mass is 10.2. The molecular weight excluding hydrogens is 214 g/mol. The molecule has 0 aliphatic carbocycles. The van der Waals surface area contributed by atoms with Gasteiger partial charge in [-0.3, -0.25) is 15.0 Å². The van der Waals surface area contributed by atoms with Gasteiger partial charge in [0, 0.05) is 32.6 Å². The summed E-state index contributed by atoms with van der Waals surface area (Å²) >= 11 is 0. The van der Waals surface area contributed by atoms with Crippen LogP contribution < -0.4 is 5.73 Å². The van der Waals surface area contributed by atoms with Gasteiger partial charge in [0.2, 0.25) is 0 Å². The maximum absolute atomic E-state index is 7.29. The van der Waals surface area contributed by atoms with Gasteiger partial charge in [-0.05, 0) is 26.8 Å². The number of rotatable bonds is 6. The fourth-order valence-corrected chi connectivity index (χ4v) is 1.80. The SMILES string of the molecule is Cc1cc(CN(CCC(=N)N)C(C)C)n(C)n1. The summed E-state index contributed by atoms with van der Waals surface area (Å²) in [5, 5.41) is 11.6. The Morgan fingerprint density at radius 2 is 2.24 bits per heavy atom. The van der Waals surface area contributed by atoms with Gasteiger partial charge < -0.3 is 5.73 Å². The van der Waals surface area contributed by atoms with Crippen molar-refractivity contribution in [1.82, 2.24) is 14.7 Å². The number of nitrogens with one attached hydrogen (secondary N) is 1. The van der Waals surface area contributed by atoms with Gasteiger partial charge in [-0.15, -0.1) is 0 Å². The number of aryl methyl sites for hydroxylation is 2. The van der Waals surface area contributed by atoms with Crippen molar-refractivity contribution >= 4 is 5.84 Å². The second-order valence-corrected chi connectivity index (χ2v) is 4.74. The zero-order valence-electron chi connectivity index (χ0n) is 11.2. The minimum absolute atomic E-state index is 0.247. The van der Waals surface area contributed by atoms with Gasteiger partial charge in [0.15, 0.2) is 0 Å². The summed E-state index contributed by atoms with van der Waals surface area (Å²) < 4.78 is 1.92. The number of hydrogen-bond acceptors (Lipinski definition) is 3. The van der Waals surface area contributed by atoms with Crippen molar-refractivity contribution in [1.29, 1.82) is 5.41 Å². The van der Waals surface area contributed by atoms with Crippen molar-refractivity contribution in [3.8, 4) is 0 Å². The molecule has 96 valence electrons. The molecule has 0 saturated heterocycles. The van der Waals surface area contributed by atoms with Crippen molar-refractivity contribution in [2.75, 3.05) is 6.54 Å². The average Bonchev–Trinajstić information content (AvgIpc) is 2.51. The summed E-state index contributed by atoms with van der Waals surface area (Å²) in [6.45, 7) is 7.98. The van der Waals surface area contributed by atoms with E-state index in [-0.39, 0.29) is 5.84 Å². The molecule has 0 saturated carbocycles. The summed E-state index contributed by atoms with van der Waals surface area (Å²) in [5.74, 6) is 0.247. The fraction of sp³-hybridized carbons (Fsp3) is 0.667. The van der Waals surface area contributed by atoms with Gasteiger partial charge in [0.25, 0.3) is 0 Å². The Hall–Kier alpha value is -1.36. The molecule has 1 heterocycles. The van der Waals surface area contributed by atoms with Crippen LogP contribution in [0.25, 0.3) is 0 Å². The number of nitrogens with zero attached hydrogens (tertiary/aromatic N) is 3. The van der Waals surface area contributed by atoms with Gasteiger partial charge in [-0.25, -0.2) is 0 Å². The number of nitrogens with two attached hydrogens (primary N) is 1. The molecule has 0 spiro atoms. The third kappa shape index (κ3) is 4.19. The smallest absolute Gasteiger partial charge is 0.0918 e. The standard InChI is InChI=1S/C12H23N5/c1-9(2)17(6-5-12(13)14)8-11-7-10(3)15-16(11)4/h7,9H,5-6,8H2,1-4H3,(H3,13,14). The lowest BCUT2D eigenvalue weighted by Crippen LogP contribution is -2.34. The number of amidine groups is 1. The molecule has 0 radical (unpaired) electrons. The Bertz CT molecular complexity index is 380. The van der Waals surface area contributed by atoms with Gasteiger partial charge in [-0.1, -0.05) is 0 Å². The summed E-state index contributed by atoms with van der Waals surface area (Å²) in [5.41, 5.74) is 7.64. The highest BCUT2D eigenvalue weighted by atomic mass is 15.3. The van der Waals surface area contributed by atoms with Crippen LogP contribution in [-0.2, 0) is 13.6 Å². The molecule has 0 bridgehead atoms. The van der Waals surface area contributed by atoms with Gasteiger partial charge in [0.1, 0.15) is 0 Å². The van der Waals surface area contributed by atoms with Crippen LogP contribution in [0.2, 0.25) is 0 Å². The average molecular weight is 237 g/mol. The summed E-state index contributed by atoms with van der Waals surface area (Å²) in [6.07, 6.45) is 0.620. The summed E-state index contributed by atoms with van der Waals surface area (Å²) in [4.78, 5) is 2.30. The summed E-state index contributed by atoms with van der Waals surface area (Å²) in [6, 6.07) is 2.54. The molecule has 0 aliphatic heterocycles. The number of hydrogen-bond donors (Lipinski definition) is 2. The highest BCUT2D eigenvalue weighted by molar-refractivity contribution is 5.76. The maximum Gasteiger partial charge on any atom is 0.0918 e. The van der Waals surface area contributed by atoms with Crippen LogP contribution in [-0.4, -0.2) is 33.1 Å². The lowest BCUT2D eigenvalue weighted by molar-refractivity contribution is 0.213. The van der Waals surface area contributed by atoms with Crippen molar-refractivity contribution in [3.63, 3.8) is 0 Å². The molecule has 0 fully saturated rings. The second-order valence-electron chi connectivity index (χ2n) is 4.74. The minimum Gasteiger partial charge on any atom is -0.388 e. The van der Waals surface area contributed by atoms with E-state index >= 15 is 0 Å². The van der Waals surface area contributed by atoms with E-state index in [1.807, 2.05) is 18.7 Å². The second kappa shape index (κ2) is 5.82. The normalized spacial score (nSPS) is 11.4. The Morgan fingerprint density at radius 3 is 2.65 bits per heavy atom. The van der Waals surface area contributed by atoms with E-state index in [9.17, 15) is 0 Å². The van der Waals surface area contributed by atoms with E-state index in [1.54, 1.807) is 0 Å². The molecular formula is C12H23N5. The van der Waals surface area contributed by atoms with Crippen molar-refractivity contribution in [2.45, 2.75) is 39.8 Å². The maximum atomic E-state index is 7.29. The molecule has 1 aromatic heterocycles. The van der Waals surface area contributed by atoms with E-state index in [1.165, 1.54) is 5.69 Å². The van der Waals surface area contributed by atoms with Crippen molar-refractivity contribution < 1.29 is 0 Å². The van der Waals surface area contributed by atoms with E-state index in [4.69, 9.17) is 11.1 Å². The Morgan fingerprint density at radius 1 is 1.59 bits per heavy atom. The lowest BCUT2D eigenvalue weighted by Gasteiger charge is -2.26. The van der Waals surface area contributed by atoms with Gasteiger partial charge >= 0.3 is 0 Å². The van der Waals surface area contributed by atoms with Crippen LogP contribution in [0.1, 0.15) is 31.7 Å². The number of aromatic nitrogens is 2. The zero-order chi connectivity index (χ0) is 13.0. The largest absolute Gasteiger partial charge is 0.388 e. The predicted octanol–water partition coefficient (Wildman–Crippen LogP) is 1.26. The molecule has 17 heavy (non-hydrogen) atoms. The topological polar surface area (TPSA) is 70.9 Å². The first-order valence-corrected chi connectivity index (χ1v) is 5.96. The Balaban J connectivity index is 2.66. The first kappa shape index (κ1) is 13.7. The summed E-state index contributed by atoms with van der Waals surface area (Å²) in [7, 11) is 1.96. The monoisotopic (exact) mass is 237 g/mol. The van der Waals surface area contributed by atoms with E-state index < -0.39 is 0 Å². The molecule has 0 atom stereocenters. The van der Waals surface area contributed by atoms with Crippen LogP contribution >= 0.6 is 0 Å². The highest BCUT2D eigenvalue weighted by Gasteiger charge is 2.13. The molecule has 0 aromatic carbocycles. The minimum atomic E-state index is 0.247. The fourth-order valence-electron chi connectivity index (χ4n) is 1.80. The molecule has 5 nitrogen and oxygen atoms in total. The van der Waals surface area contributed by atoms with Crippen molar-refractivity contribution in [2.24, 2.45) is 12.8 Å². The molecule has 3 N–H and O–H groups in total. The first-order valence-electron chi connectivity index (χ1n) is 5.96. The molecule has 0 unspecified atom stereocenters. The van der Waals surface area contributed by atoms with E-state index in [0.717, 1.165) is 18.8 Å². The molecule has 5 heteroatoms.